The van der Waals surface area contributed by atoms with Crippen molar-refractivity contribution in [3.63, 3.8) is 0 Å². The standard InChI is InChI=1S/C20H28N4O/c1-15(2)24-14-16(11-22-24)13-23(3)20(25)18-8-6-17(7-9-18)19-5-4-10-21-12-19/h6-9,11,14-15,19,21H,4-5,10,12-13H2,1-3H3/t19-/m1/s1. The van der Waals surface area contributed by atoms with Gasteiger partial charge in [0.1, 0.15) is 0 Å². The molecule has 0 bridgehead atoms. The fourth-order valence-corrected chi connectivity index (χ4v) is 3.34. The topological polar surface area (TPSA) is 50.2 Å². The van der Waals surface area contributed by atoms with Gasteiger partial charge >= 0.3 is 0 Å². The first-order chi connectivity index (χ1) is 12.0. The number of carbonyl (C=O) groups is 1. The molecule has 1 aromatic carbocycles. The number of rotatable bonds is 5. The van der Waals surface area contributed by atoms with E-state index >= 15 is 0 Å². The van der Waals surface area contributed by atoms with Gasteiger partial charge in [0.05, 0.1) is 6.20 Å². The predicted octanol–water partition coefficient (Wildman–Crippen LogP) is 3.20. The van der Waals surface area contributed by atoms with Crippen LogP contribution < -0.4 is 5.32 Å². The third kappa shape index (κ3) is 4.28. The van der Waals surface area contributed by atoms with Gasteiger partial charge in [0, 0.05) is 43.5 Å². The molecule has 0 aliphatic carbocycles. The molecule has 25 heavy (non-hydrogen) atoms. The second-order valence-corrected chi connectivity index (χ2v) is 7.25. The molecule has 5 heteroatoms. The highest BCUT2D eigenvalue weighted by atomic mass is 16.2. The number of aromatic nitrogens is 2. The summed E-state index contributed by atoms with van der Waals surface area (Å²) in [6.45, 7) is 6.90. The lowest BCUT2D eigenvalue weighted by molar-refractivity contribution is 0.0785. The van der Waals surface area contributed by atoms with Crippen molar-refractivity contribution < 1.29 is 4.79 Å². The van der Waals surface area contributed by atoms with E-state index in [9.17, 15) is 4.79 Å². The molecule has 0 radical (unpaired) electrons. The van der Waals surface area contributed by atoms with Gasteiger partial charge in [0.2, 0.25) is 0 Å². The number of benzene rings is 1. The monoisotopic (exact) mass is 340 g/mol. The summed E-state index contributed by atoms with van der Waals surface area (Å²) in [6, 6.07) is 8.46. The molecule has 1 saturated heterocycles. The van der Waals surface area contributed by atoms with E-state index in [-0.39, 0.29) is 5.91 Å². The highest BCUT2D eigenvalue weighted by Gasteiger charge is 2.17. The van der Waals surface area contributed by atoms with Crippen molar-refractivity contribution in [2.45, 2.75) is 45.2 Å². The second-order valence-electron chi connectivity index (χ2n) is 7.25. The molecule has 0 spiro atoms. The van der Waals surface area contributed by atoms with Crippen molar-refractivity contribution in [3.05, 3.63) is 53.3 Å². The van der Waals surface area contributed by atoms with Gasteiger partial charge in [-0.15, -0.1) is 0 Å². The van der Waals surface area contributed by atoms with Crippen molar-refractivity contribution in [2.75, 3.05) is 20.1 Å². The predicted molar refractivity (Wildman–Crippen MR) is 99.7 cm³/mol. The summed E-state index contributed by atoms with van der Waals surface area (Å²) < 4.78 is 1.92. The van der Waals surface area contributed by atoms with E-state index in [4.69, 9.17) is 0 Å². The number of nitrogens with zero attached hydrogens (tertiary/aromatic N) is 3. The smallest absolute Gasteiger partial charge is 0.253 e. The van der Waals surface area contributed by atoms with Crippen LogP contribution in [-0.2, 0) is 6.54 Å². The van der Waals surface area contributed by atoms with Crippen LogP contribution in [0.4, 0.5) is 0 Å². The largest absolute Gasteiger partial charge is 0.337 e. The Bertz CT molecular complexity index is 699. The summed E-state index contributed by atoms with van der Waals surface area (Å²) in [6.07, 6.45) is 6.29. The van der Waals surface area contributed by atoms with Crippen molar-refractivity contribution in [3.8, 4) is 0 Å². The first kappa shape index (κ1) is 17.7. The maximum absolute atomic E-state index is 12.7. The molecule has 1 atom stereocenters. The van der Waals surface area contributed by atoms with Gasteiger partial charge < -0.3 is 10.2 Å². The van der Waals surface area contributed by atoms with Crippen molar-refractivity contribution >= 4 is 5.91 Å². The molecular weight excluding hydrogens is 312 g/mol. The minimum atomic E-state index is 0.0469. The van der Waals surface area contributed by atoms with Crippen LogP contribution in [0.3, 0.4) is 0 Å². The zero-order chi connectivity index (χ0) is 17.8. The molecule has 2 heterocycles. The first-order valence-corrected chi connectivity index (χ1v) is 9.14. The Morgan fingerprint density at radius 1 is 1.36 bits per heavy atom. The normalized spacial score (nSPS) is 17.7. The number of hydrogen-bond donors (Lipinski definition) is 1. The van der Waals surface area contributed by atoms with Gasteiger partial charge in [-0.2, -0.15) is 5.10 Å². The number of nitrogens with one attached hydrogen (secondary N) is 1. The molecule has 1 fully saturated rings. The molecule has 1 aromatic heterocycles. The average molecular weight is 340 g/mol. The molecule has 1 aliphatic heterocycles. The van der Waals surface area contributed by atoms with Crippen LogP contribution in [0.1, 0.15) is 60.1 Å². The summed E-state index contributed by atoms with van der Waals surface area (Å²) in [4.78, 5) is 14.4. The number of carbonyl (C=O) groups excluding carboxylic acids is 1. The Morgan fingerprint density at radius 2 is 2.12 bits per heavy atom. The summed E-state index contributed by atoms with van der Waals surface area (Å²) in [7, 11) is 1.84. The summed E-state index contributed by atoms with van der Waals surface area (Å²) in [5.41, 5.74) is 3.12. The lowest BCUT2D eigenvalue weighted by Gasteiger charge is -2.23. The third-order valence-corrected chi connectivity index (χ3v) is 4.88. The third-order valence-electron chi connectivity index (χ3n) is 4.88. The van der Waals surface area contributed by atoms with E-state index in [0.717, 1.165) is 24.2 Å². The van der Waals surface area contributed by atoms with Gasteiger partial charge in [-0.05, 0) is 56.8 Å². The molecule has 1 aliphatic rings. The number of amides is 1. The van der Waals surface area contributed by atoms with Crippen LogP contribution in [0.15, 0.2) is 36.7 Å². The van der Waals surface area contributed by atoms with Crippen molar-refractivity contribution in [1.82, 2.24) is 20.0 Å². The van der Waals surface area contributed by atoms with E-state index < -0.39 is 0 Å². The molecule has 2 aromatic rings. The Hall–Kier alpha value is -2.14. The van der Waals surface area contributed by atoms with E-state index in [0.29, 0.717) is 18.5 Å². The van der Waals surface area contributed by atoms with Crippen LogP contribution >= 0.6 is 0 Å². The average Bonchev–Trinajstić information content (AvgIpc) is 3.11. The fourth-order valence-electron chi connectivity index (χ4n) is 3.34. The van der Waals surface area contributed by atoms with Gasteiger partial charge in [0.25, 0.3) is 5.91 Å². The Balaban J connectivity index is 1.62. The first-order valence-electron chi connectivity index (χ1n) is 9.14. The molecule has 1 N–H and O–H groups in total. The number of hydrogen-bond acceptors (Lipinski definition) is 3. The van der Waals surface area contributed by atoms with Crippen LogP contribution in [0.2, 0.25) is 0 Å². The van der Waals surface area contributed by atoms with Crippen LogP contribution in [0, 0.1) is 0 Å². The maximum atomic E-state index is 12.7. The Labute approximate surface area is 150 Å². The minimum absolute atomic E-state index is 0.0469. The summed E-state index contributed by atoms with van der Waals surface area (Å²) >= 11 is 0. The SMILES string of the molecule is CC(C)n1cc(CN(C)C(=O)c2ccc([C@@H]3CCCNC3)cc2)cn1. The molecule has 134 valence electrons. The summed E-state index contributed by atoms with van der Waals surface area (Å²) in [5.74, 6) is 0.614. The van der Waals surface area contributed by atoms with E-state index in [2.05, 4.69) is 36.4 Å². The Morgan fingerprint density at radius 3 is 2.72 bits per heavy atom. The highest BCUT2D eigenvalue weighted by molar-refractivity contribution is 5.94. The van der Waals surface area contributed by atoms with Crippen molar-refractivity contribution in [1.29, 1.82) is 0 Å². The lowest BCUT2D eigenvalue weighted by Crippen LogP contribution is -2.28. The van der Waals surface area contributed by atoms with Gasteiger partial charge in [-0.25, -0.2) is 0 Å². The molecule has 3 rings (SSSR count). The zero-order valence-electron chi connectivity index (χ0n) is 15.4. The molecule has 5 nitrogen and oxygen atoms in total. The second kappa shape index (κ2) is 7.83. The highest BCUT2D eigenvalue weighted by Crippen LogP contribution is 2.23. The quantitative estimate of drug-likeness (QED) is 0.909. The summed E-state index contributed by atoms with van der Waals surface area (Å²) in [5, 5.41) is 7.78. The van der Waals surface area contributed by atoms with Gasteiger partial charge in [-0.1, -0.05) is 12.1 Å². The van der Waals surface area contributed by atoms with Gasteiger partial charge in [-0.3, -0.25) is 9.48 Å². The van der Waals surface area contributed by atoms with Gasteiger partial charge in [0.15, 0.2) is 0 Å². The molecule has 0 unspecified atom stereocenters. The molecular formula is C20H28N4O. The molecule has 0 saturated carbocycles. The molecule has 1 amide bonds. The lowest BCUT2D eigenvalue weighted by atomic mass is 9.91. The number of piperidine rings is 1. The minimum Gasteiger partial charge on any atom is -0.337 e. The van der Waals surface area contributed by atoms with E-state index in [1.807, 2.05) is 36.3 Å². The maximum Gasteiger partial charge on any atom is 0.253 e. The van der Waals surface area contributed by atoms with Crippen LogP contribution in [0.25, 0.3) is 0 Å². The van der Waals surface area contributed by atoms with E-state index in [1.54, 1.807) is 4.90 Å². The van der Waals surface area contributed by atoms with Crippen molar-refractivity contribution in [2.24, 2.45) is 0 Å². The van der Waals surface area contributed by atoms with Crippen LogP contribution in [-0.4, -0.2) is 40.7 Å². The van der Waals surface area contributed by atoms with E-state index in [1.165, 1.54) is 18.4 Å². The Kier molecular flexibility index (Phi) is 5.53. The fraction of sp³-hybridized carbons (Fsp3) is 0.500. The van der Waals surface area contributed by atoms with Crippen LogP contribution in [0.5, 0.6) is 0 Å². The zero-order valence-corrected chi connectivity index (χ0v) is 15.4.